The molecule has 0 aliphatic rings. The van der Waals surface area contributed by atoms with Crippen LogP contribution >= 0.6 is 0 Å². The Bertz CT molecular complexity index is 1270. The van der Waals surface area contributed by atoms with E-state index in [1.54, 1.807) is 28.9 Å². The van der Waals surface area contributed by atoms with Gasteiger partial charge < -0.3 is 0 Å². The number of carbonyl (C=O) groups excluding carboxylic acids is 1. The van der Waals surface area contributed by atoms with Crippen molar-refractivity contribution in [1.29, 1.82) is 0 Å². The number of carbonyl (C=O) groups is 1. The molecular formula is C25H20N2O2. The highest BCUT2D eigenvalue weighted by atomic mass is 16.1. The van der Waals surface area contributed by atoms with Gasteiger partial charge in [-0.3, -0.25) is 14.2 Å². The van der Waals surface area contributed by atoms with E-state index < -0.39 is 0 Å². The fourth-order valence-electron chi connectivity index (χ4n) is 3.33. The van der Waals surface area contributed by atoms with Gasteiger partial charge in [-0.05, 0) is 42.3 Å². The van der Waals surface area contributed by atoms with Crippen molar-refractivity contribution in [1.82, 2.24) is 9.55 Å². The summed E-state index contributed by atoms with van der Waals surface area (Å²) in [5.41, 5.74) is 3.06. The van der Waals surface area contributed by atoms with Gasteiger partial charge in [0.25, 0.3) is 5.56 Å². The van der Waals surface area contributed by atoms with Crippen LogP contribution in [0.5, 0.6) is 0 Å². The van der Waals surface area contributed by atoms with E-state index in [-0.39, 0.29) is 17.8 Å². The first-order valence-electron chi connectivity index (χ1n) is 9.46. The fraction of sp³-hybridized carbons (Fsp3) is 0.0800. The van der Waals surface area contributed by atoms with E-state index in [4.69, 9.17) is 0 Å². The Balaban J connectivity index is 1.80. The summed E-state index contributed by atoms with van der Waals surface area (Å²) in [7, 11) is 0. The average Bonchev–Trinajstić information content (AvgIpc) is 2.74. The molecule has 3 aromatic carbocycles. The van der Waals surface area contributed by atoms with Gasteiger partial charge in [0.05, 0.1) is 23.0 Å². The molecule has 4 nitrogen and oxygen atoms in total. The number of hydrogen-bond donors (Lipinski definition) is 0. The molecule has 0 aliphatic carbocycles. The Morgan fingerprint density at radius 2 is 1.62 bits per heavy atom. The fourth-order valence-corrected chi connectivity index (χ4v) is 3.33. The Hall–Kier alpha value is -3.79. The summed E-state index contributed by atoms with van der Waals surface area (Å²) in [5.74, 6) is 0.323. The second kappa shape index (κ2) is 8.07. The molecule has 4 aromatic rings. The van der Waals surface area contributed by atoms with Crippen molar-refractivity contribution in [3.8, 4) is 5.69 Å². The van der Waals surface area contributed by atoms with Crippen molar-refractivity contribution >= 4 is 22.8 Å². The molecule has 0 amide bonds. The minimum Gasteiger partial charge on any atom is -0.294 e. The molecule has 0 fully saturated rings. The highest BCUT2D eigenvalue weighted by Crippen LogP contribution is 2.17. The van der Waals surface area contributed by atoms with E-state index >= 15 is 0 Å². The second-order valence-electron chi connectivity index (χ2n) is 6.86. The van der Waals surface area contributed by atoms with Gasteiger partial charge in [-0.15, -0.1) is 0 Å². The first-order valence-corrected chi connectivity index (χ1v) is 9.46. The van der Waals surface area contributed by atoms with E-state index in [0.29, 0.717) is 16.7 Å². The molecule has 1 heterocycles. The highest BCUT2D eigenvalue weighted by Gasteiger charge is 2.15. The number of fused-ring (bicyclic) bond motifs is 1. The van der Waals surface area contributed by atoms with E-state index in [0.717, 1.165) is 16.8 Å². The van der Waals surface area contributed by atoms with Gasteiger partial charge in [0.15, 0.2) is 5.78 Å². The van der Waals surface area contributed by atoms with Crippen molar-refractivity contribution in [3.05, 3.63) is 112 Å². The maximum atomic E-state index is 13.3. The molecule has 4 rings (SSSR count). The lowest BCUT2D eigenvalue weighted by atomic mass is 10.1. The second-order valence-corrected chi connectivity index (χ2v) is 6.86. The molecule has 4 heteroatoms. The van der Waals surface area contributed by atoms with Crippen LogP contribution in [0.15, 0.2) is 89.7 Å². The number of nitrogens with zero attached hydrogens (tertiary/aromatic N) is 2. The molecule has 0 aliphatic heterocycles. The summed E-state index contributed by atoms with van der Waals surface area (Å²) >= 11 is 0. The summed E-state index contributed by atoms with van der Waals surface area (Å²) in [4.78, 5) is 30.6. The van der Waals surface area contributed by atoms with Crippen LogP contribution in [-0.4, -0.2) is 15.3 Å². The first kappa shape index (κ1) is 18.6. The SMILES string of the molecule is Cc1ccccc1-n1c(CC(=O)/C=C/c2ccccc2)nc2ccccc2c1=O. The van der Waals surface area contributed by atoms with Crippen molar-refractivity contribution in [2.75, 3.05) is 0 Å². The Morgan fingerprint density at radius 1 is 0.931 bits per heavy atom. The smallest absolute Gasteiger partial charge is 0.265 e. The lowest BCUT2D eigenvalue weighted by Gasteiger charge is -2.14. The third-order valence-electron chi connectivity index (χ3n) is 4.80. The summed E-state index contributed by atoms with van der Waals surface area (Å²) in [6.45, 7) is 1.94. The molecular weight excluding hydrogens is 360 g/mol. The number of para-hydroxylation sites is 2. The molecule has 0 unspecified atom stereocenters. The number of benzene rings is 3. The molecule has 1 aromatic heterocycles. The largest absolute Gasteiger partial charge is 0.294 e. The maximum absolute atomic E-state index is 13.3. The van der Waals surface area contributed by atoms with E-state index in [9.17, 15) is 9.59 Å². The monoisotopic (exact) mass is 380 g/mol. The molecule has 0 saturated carbocycles. The van der Waals surface area contributed by atoms with Crippen LogP contribution in [0.3, 0.4) is 0 Å². The number of aromatic nitrogens is 2. The van der Waals surface area contributed by atoms with Crippen LogP contribution in [0.2, 0.25) is 0 Å². The molecule has 0 radical (unpaired) electrons. The maximum Gasteiger partial charge on any atom is 0.265 e. The van der Waals surface area contributed by atoms with Crippen LogP contribution in [0.25, 0.3) is 22.7 Å². The Morgan fingerprint density at radius 3 is 2.41 bits per heavy atom. The van der Waals surface area contributed by atoms with Crippen molar-refractivity contribution < 1.29 is 4.79 Å². The molecule has 0 saturated heterocycles. The summed E-state index contributed by atoms with van der Waals surface area (Å²) in [6.07, 6.45) is 3.36. The minimum atomic E-state index is -0.167. The zero-order chi connectivity index (χ0) is 20.2. The summed E-state index contributed by atoms with van der Waals surface area (Å²) in [5, 5.41) is 0.534. The zero-order valence-electron chi connectivity index (χ0n) is 16.1. The number of ketones is 1. The van der Waals surface area contributed by atoms with Crippen LogP contribution in [0.4, 0.5) is 0 Å². The van der Waals surface area contributed by atoms with Gasteiger partial charge in [-0.2, -0.15) is 0 Å². The predicted molar refractivity (Wildman–Crippen MR) is 116 cm³/mol. The van der Waals surface area contributed by atoms with Gasteiger partial charge in [-0.1, -0.05) is 66.7 Å². The normalized spacial score (nSPS) is 11.2. The van der Waals surface area contributed by atoms with Crippen LogP contribution in [0.1, 0.15) is 17.0 Å². The zero-order valence-corrected chi connectivity index (χ0v) is 16.1. The van der Waals surface area contributed by atoms with Gasteiger partial charge in [0.1, 0.15) is 5.82 Å². The number of allylic oxidation sites excluding steroid dienone is 1. The van der Waals surface area contributed by atoms with Crippen molar-refractivity contribution in [2.24, 2.45) is 0 Å². The summed E-state index contributed by atoms with van der Waals surface area (Å²) in [6, 6.07) is 24.5. The van der Waals surface area contributed by atoms with Crippen LogP contribution < -0.4 is 5.56 Å². The van der Waals surface area contributed by atoms with E-state index in [1.165, 1.54) is 0 Å². The molecule has 29 heavy (non-hydrogen) atoms. The lowest BCUT2D eigenvalue weighted by molar-refractivity contribution is -0.114. The lowest BCUT2D eigenvalue weighted by Crippen LogP contribution is -2.25. The Kier molecular flexibility index (Phi) is 5.16. The molecule has 0 atom stereocenters. The quantitative estimate of drug-likeness (QED) is 0.478. The third kappa shape index (κ3) is 3.92. The van der Waals surface area contributed by atoms with Crippen LogP contribution in [0, 0.1) is 6.92 Å². The van der Waals surface area contributed by atoms with Crippen molar-refractivity contribution in [2.45, 2.75) is 13.3 Å². The van der Waals surface area contributed by atoms with Gasteiger partial charge >= 0.3 is 0 Å². The topological polar surface area (TPSA) is 52.0 Å². The third-order valence-corrected chi connectivity index (χ3v) is 4.80. The van der Waals surface area contributed by atoms with E-state index in [2.05, 4.69) is 4.98 Å². The Labute approximate surface area is 168 Å². The summed E-state index contributed by atoms with van der Waals surface area (Å²) < 4.78 is 1.56. The van der Waals surface area contributed by atoms with Gasteiger partial charge in [0, 0.05) is 0 Å². The number of rotatable bonds is 5. The van der Waals surface area contributed by atoms with Gasteiger partial charge in [0.2, 0.25) is 0 Å². The first-order chi connectivity index (χ1) is 14.1. The minimum absolute atomic E-state index is 0.0394. The van der Waals surface area contributed by atoms with Crippen molar-refractivity contribution in [3.63, 3.8) is 0 Å². The predicted octanol–water partition coefficient (Wildman–Crippen LogP) is 4.52. The standard InChI is InChI=1S/C25H20N2O2/c1-18-9-5-8-14-23(18)27-24(26-22-13-7-6-12-21(22)25(27)29)17-20(28)16-15-19-10-3-2-4-11-19/h2-16H,17H2,1H3/b16-15+. The van der Waals surface area contributed by atoms with E-state index in [1.807, 2.05) is 73.7 Å². The molecule has 0 spiro atoms. The van der Waals surface area contributed by atoms with Gasteiger partial charge in [-0.25, -0.2) is 4.98 Å². The molecule has 0 N–H and O–H groups in total. The number of hydrogen-bond acceptors (Lipinski definition) is 3. The average molecular weight is 380 g/mol. The van der Waals surface area contributed by atoms with Crippen LogP contribution in [-0.2, 0) is 11.2 Å². The highest BCUT2D eigenvalue weighted by molar-refractivity contribution is 5.95. The molecule has 142 valence electrons. The molecule has 0 bridgehead atoms. The number of aryl methyl sites for hydroxylation is 1.